The maximum absolute atomic E-state index is 12.6. The smallest absolute Gasteiger partial charge is 0.312 e. The van der Waals surface area contributed by atoms with Crippen LogP contribution < -0.4 is 15.0 Å². The number of non-ortho nitro benzene ring substituents is 1. The van der Waals surface area contributed by atoms with Gasteiger partial charge in [0.15, 0.2) is 6.10 Å². The van der Waals surface area contributed by atoms with Crippen molar-refractivity contribution in [3.8, 4) is 5.75 Å². The highest BCUT2D eigenvalue weighted by molar-refractivity contribution is 6.34. The van der Waals surface area contributed by atoms with E-state index >= 15 is 0 Å². The van der Waals surface area contributed by atoms with E-state index in [2.05, 4.69) is 5.32 Å². The molecule has 1 N–H and O–H groups in total. The van der Waals surface area contributed by atoms with Crippen molar-refractivity contribution in [1.29, 1.82) is 0 Å². The van der Waals surface area contributed by atoms with Crippen LogP contribution in [0.5, 0.6) is 5.75 Å². The van der Waals surface area contributed by atoms with Gasteiger partial charge in [-0.2, -0.15) is 0 Å². The summed E-state index contributed by atoms with van der Waals surface area (Å²) in [5, 5.41) is 13.2. The zero-order valence-corrected chi connectivity index (χ0v) is 18.7. The minimum absolute atomic E-state index is 0.0246. The Morgan fingerprint density at radius 3 is 2.58 bits per heavy atom. The summed E-state index contributed by atoms with van der Waals surface area (Å²) in [6.07, 6.45) is -1.20. The lowest BCUT2D eigenvalue weighted by Gasteiger charge is -2.18. The van der Waals surface area contributed by atoms with E-state index in [9.17, 15) is 24.5 Å². The van der Waals surface area contributed by atoms with Gasteiger partial charge < -0.3 is 19.7 Å². The molecule has 33 heavy (non-hydrogen) atoms. The third-order valence-electron chi connectivity index (χ3n) is 5.00. The molecule has 1 aliphatic rings. The first kappa shape index (κ1) is 24.0. The Morgan fingerprint density at radius 2 is 1.97 bits per heavy atom. The number of anilines is 2. The molecule has 1 heterocycles. The van der Waals surface area contributed by atoms with Crippen molar-refractivity contribution in [3.05, 3.63) is 57.6 Å². The summed E-state index contributed by atoms with van der Waals surface area (Å²) < 4.78 is 10.6. The number of carbonyl (C=O) groups is 3. The number of ether oxygens (including phenoxy) is 2. The van der Waals surface area contributed by atoms with Crippen molar-refractivity contribution >= 4 is 46.4 Å². The molecule has 10 nitrogen and oxygen atoms in total. The van der Waals surface area contributed by atoms with E-state index in [-0.39, 0.29) is 35.3 Å². The van der Waals surface area contributed by atoms with Gasteiger partial charge in [-0.25, -0.2) is 0 Å². The van der Waals surface area contributed by atoms with Gasteiger partial charge >= 0.3 is 5.97 Å². The van der Waals surface area contributed by atoms with Gasteiger partial charge in [-0.15, -0.1) is 0 Å². The zero-order valence-electron chi connectivity index (χ0n) is 17.9. The molecule has 0 bridgehead atoms. The van der Waals surface area contributed by atoms with Crippen LogP contribution >= 0.6 is 11.6 Å². The normalized spacial score (nSPS) is 16.3. The molecule has 2 amide bonds. The molecule has 0 aromatic heterocycles. The minimum atomic E-state index is -1.17. The Hall–Kier alpha value is -3.66. The summed E-state index contributed by atoms with van der Waals surface area (Å²) in [5.41, 5.74) is 0.561. The number of halogens is 1. The Balaban J connectivity index is 1.57. The number of nitrogens with zero attached hydrogens (tertiary/aromatic N) is 2. The number of hydrogen-bond acceptors (Lipinski definition) is 7. The molecule has 1 aliphatic heterocycles. The van der Waals surface area contributed by atoms with Crippen molar-refractivity contribution in [2.75, 3.05) is 23.4 Å². The number of rotatable bonds is 8. The first-order chi connectivity index (χ1) is 15.7. The van der Waals surface area contributed by atoms with Crippen molar-refractivity contribution < 1.29 is 28.8 Å². The molecular weight excluding hydrogens is 454 g/mol. The van der Waals surface area contributed by atoms with Gasteiger partial charge in [-0.3, -0.25) is 24.5 Å². The van der Waals surface area contributed by atoms with Crippen LogP contribution in [0.3, 0.4) is 0 Å². The molecule has 2 unspecified atom stereocenters. The monoisotopic (exact) mass is 475 g/mol. The van der Waals surface area contributed by atoms with E-state index in [4.69, 9.17) is 21.1 Å². The number of nitro benzene ring substituents is 1. The van der Waals surface area contributed by atoms with Gasteiger partial charge in [0.25, 0.3) is 11.6 Å². The Bertz CT molecular complexity index is 1070. The summed E-state index contributed by atoms with van der Waals surface area (Å²) in [6.45, 7) is 3.91. The van der Waals surface area contributed by atoms with Crippen LogP contribution in [0.15, 0.2) is 42.5 Å². The van der Waals surface area contributed by atoms with E-state index in [1.165, 1.54) is 24.0 Å². The van der Waals surface area contributed by atoms with Crippen molar-refractivity contribution in [2.45, 2.75) is 26.4 Å². The van der Waals surface area contributed by atoms with Gasteiger partial charge in [0.1, 0.15) is 5.75 Å². The lowest BCUT2D eigenvalue weighted by Crippen LogP contribution is -2.33. The third-order valence-corrected chi connectivity index (χ3v) is 5.31. The molecule has 174 valence electrons. The molecule has 1 fully saturated rings. The van der Waals surface area contributed by atoms with Crippen LogP contribution in [0.25, 0.3) is 0 Å². The minimum Gasteiger partial charge on any atom is -0.494 e. The standard InChI is InChI=1S/C22H22ClN3O7/c1-3-32-17-7-4-15(5-8-17)25-12-14(10-20(25)27)22(29)33-13(2)21(28)24-19-9-6-16(26(30)31)11-18(19)23/h4-9,11,13-14H,3,10,12H2,1-2H3,(H,24,28). The number of benzene rings is 2. The maximum atomic E-state index is 12.6. The summed E-state index contributed by atoms with van der Waals surface area (Å²) in [4.78, 5) is 49.0. The summed E-state index contributed by atoms with van der Waals surface area (Å²) in [5.74, 6) is -1.60. The highest BCUT2D eigenvalue weighted by atomic mass is 35.5. The van der Waals surface area contributed by atoms with Gasteiger partial charge in [0.2, 0.25) is 5.91 Å². The molecule has 1 saturated heterocycles. The van der Waals surface area contributed by atoms with Crippen LogP contribution in [0.4, 0.5) is 17.1 Å². The second-order valence-corrected chi connectivity index (χ2v) is 7.73. The quantitative estimate of drug-likeness (QED) is 0.351. The molecule has 0 radical (unpaired) electrons. The number of carbonyl (C=O) groups excluding carboxylic acids is 3. The summed E-state index contributed by atoms with van der Waals surface area (Å²) in [7, 11) is 0. The van der Waals surface area contributed by atoms with Crippen LogP contribution in [0, 0.1) is 16.0 Å². The first-order valence-corrected chi connectivity index (χ1v) is 10.6. The van der Waals surface area contributed by atoms with Crippen LogP contribution in [-0.2, 0) is 19.1 Å². The number of amides is 2. The average Bonchev–Trinajstić information content (AvgIpc) is 3.17. The van der Waals surface area contributed by atoms with E-state index in [0.29, 0.717) is 18.0 Å². The molecule has 2 aromatic carbocycles. The van der Waals surface area contributed by atoms with E-state index in [1.807, 2.05) is 6.92 Å². The van der Waals surface area contributed by atoms with Gasteiger partial charge in [0.05, 0.1) is 28.2 Å². The second kappa shape index (κ2) is 10.3. The molecule has 3 rings (SSSR count). The molecule has 11 heteroatoms. The Labute approximate surface area is 194 Å². The van der Waals surface area contributed by atoms with Crippen molar-refractivity contribution in [1.82, 2.24) is 0 Å². The third kappa shape index (κ3) is 5.78. The molecule has 2 atom stereocenters. The van der Waals surface area contributed by atoms with Gasteiger partial charge in [-0.1, -0.05) is 11.6 Å². The number of hydrogen-bond donors (Lipinski definition) is 1. The van der Waals surface area contributed by atoms with Crippen LogP contribution in [-0.4, -0.2) is 42.0 Å². The molecule has 0 aliphatic carbocycles. The summed E-state index contributed by atoms with van der Waals surface area (Å²) in [6, 6.07) is 10.5. The Kier molecular flexibility index (Phi) is 7.49. The fourth-order valence-electron chi connectivity index (χ4n) is 3.28. The first-order valence-electron chi connectivity index (χ1n) is 10.2. The van der Waals surface area contributed by atoms with Gasteiger partial charge in [0, 0.05) is 30.8 Å². The highest BCUT2D eigenvalue weighted by Crippen LogP contribution is 2.29. The van der Waals surface area contributed by atoms with Crippen LogP contribution in [0.1, 0.15) is 20.3 Å². The zero-order chi connectivity index (χ0) is 24.1. The molecule has 0 spiro atoms. The number of esters is 1. The predicted molar refractivity (Wildman–Crippen MR) is 120 cm³/mol. The number of nitro groups is 1. The average molecular weight is 476 g/mol. The van der Waals surface area contributed by atoms with E-state index in [1.54, 1.807) is 24.3 Å². The molecule has 0 saturated carbocycles. The fraction of sp³-hybridized carbons (Fsp3) is 0.318. The van der Waals surface area contributed by atoms with E-state index < -0.39 is 28.8 Å². The second-order valence-electron chi connectivity index (χ2n) is 7.32. The highest BCUT2D eigenvalue weighted by Gasteiger charge is 2.37. The maximum Gasteiger partial charge on any atom is 0.312 e. The largest absolute Gasteiger partial charge is 0.494 e. The fourth-order valence-corrected chi connectivity index (χ4v) is 3.50. The molecule has 2 aromatic rings. The SMILES string of the molecule is CCOc1ccc(N2CC(C(=O)OC(C)C(=O)Nc3ccc([N+](=O)[O-])cc3Cl)CC2=O)cc1. The molecular formula is C22H22ClN3O7. The Morgan fingerprint density at radius 1 is 1.27 bits per heavy atom. The lowest BCUT2D eigenvalue weighted by molar-refractivity contribution is -0.384. The van der Waals surface area contributed by atoms with Crippen LogP contribution in [0.2, 0.25) is 5.02 Å². The number of nitrogens with one attached hydrogen (secondary N) is 1. The van der Waals surface area contributed by atoms with Crippen molar-refractivity contribution in [2.24, 2.45) is 5.92 Å². The van der Waals surface area contributed by atoms with E-state index in [0.717, 1.165) is 6.07 Å². The van der Waals surface area contributed by atoms with Gasteiger partial charge in [-0.05, 0) is 44.2 Å². The topological polar surface area (TPSA) is 128 Å². The summed E-state index contributed by atoms with van der Waals surface area (Å²) >= 11 is 5.97. The lowest BCUT2D eigenvalue weighted by atomic mass is 10.1. The van der Waals surface area contributed by atoms with Crippen molar-refractivity contribution in [3.63, 3.8) is 0 Å². The predicted octanol–water partition coefficient (Wildman–Crippen LogP) is 3.57.